The van der Waals surface area contributed by atoms with Gasteiger partial charge in [0.1, 0.15) is 0 Å². The molecule has 0 aromatic heterocycles. The standard InChI is InChI=1S/C18H22N2O/c21-18(6-3-11-20-12-9-19-10-13-20)17-8-7-15-4-1-2-5-16(15)14-17/h1-2,4-5,7-8,14,19H,3,6,9-13H2. The van der Waals surface area contributed by atoms with Crippen LogP contribution >= 0.6 is 0 Å². The van der Waals surface area contributed by atoms with Crippen LogP contribution < -0.4 is 5.32 Å². The van der Waals surface area contributed by atoms with Gasteiger partial charge in [0.05, 0.1) is 0 Å². The van der Waals surface area contributed by atoms with Crippen LogP contribution in [0.15, 0.2) is 42.5 Å². The van der Waals surface area contributed by atoms with E-state index in [4.69, 9.17) is 0 Å². The number of fused-ring (bicyclic) bond motifs is 1. The molecule has 3 rings (SSSR count). The number of nitrogens with zero attached hydrogens (tertiary/aromatic N) is 1. The summed E-state index contributed by atoms with van der Waals surface area (Å²) in [6.45, 7) is 5.37. The molecule has 3 heteroatoms. The Morgan fingerprint density at radius 1 is 1.05 bits per heavy atom. The lowest BCUT2D eigenvalue weighted by molar-refractivity contribution is 0.0974. The molecular weight excluding hydrogens is 260 g/mol. The van der Waals surface area contributed by atoms with Crippen LogP contribution in [0.3, 0.4) is 0 Å². The van der Waals surface area contributed by atoms with Gasteiger partial charge in [0.25, 0.3) is 0 Å². The zero-order valence-corrected chi connectivity index (χ0v) is 12.3. The summed E-state index contributed by atoms with van der Waals surface area (Å²) in [5.41, 5.74) is 0.842. The van der Waals surface area contributed by atoms with E-state index >= 15 is 0 Å². The van der Waals surface area contributed by atoms with E-state index in [1.54, 1.807) is 0 Å². The third kappa shape index (κ3) is 3.69. The molecule has 0 spiro atoms. The van der Waals surface area contributed by atoms with E-state index in [9.17, 15) is 4.79 Å². The van der Waals surface area contributed by atoms with Gasteiger partial charge in [0, 0.05) is 38.2 Å². The second-order valence-corrected chi connectivity index (χ2v) is 5.68. The first kappa shape index (κ1) is 14.2. The van der Waals surface area contributed by atoms with Crippen molar-refractivity contribution in [3.05, 3.63) is 48.0 Å². The summed E-state index contributed by atoms with van der Waals surface area (Å²) in [6, 6.07) is 14.2. The van der Waals surface area contributed by atoms with Crippen molar-refractivity contribution in [3.8, 4) is 0 Å². The molecule has 1 aliphatic rings. The first-order valence-corrected chi connectivity index (χ1v) is 7.78. The monoisotopic (exact) mass is 282 g/mol. The van der Waals surface area contributed by atoms with Gasteiger partial charge in [-0.3, -0.25) is 4.79 Å². The molecule has 1 heterocycles. The normalized spacial score (nSPS) is 16.2. The third-order valence-electron chi connectivity index (χ3n) is 4.16. The Hall–Kier alpha value is -1.71. The molecule has 1 fully saturated rings. The number of piperazine rings is 1. The van der Waals surface area contributed by atoms with Gasteiger partial charge in [-0.15, -0.1) is 0 Å². The maximum atomic E-state index is 12.3. The molecule has 0 radical (unpaired) electrons. The molecule has 110 valence electrons. The first-order valence-electron chi connectivity index (χ1n) is 7.78. The van der Waals surface area contributed by atoms with E-state index in [0.717, 1.165) is 50.1 Å². The van der Waals surface area contributed by atoms with E-state index in [1.165, 1.54) is 5.39 Å². The van der Waals surface area contributed by atoms with Gasteiger partial charge in [0.2, 0.25) is 0 Å². The largest absolute Gasteiger partial charge is 0.314 e. The van der Waals surface area contributed by atoms with Gasteiger partial charge in [-0.25, -0.2) is 0 Å². The van der Waals surface area contributed by atoms with Crippen molar-refractivity contribution in [2.75, 3.05) is 32.7 Å². The average Bonchev–Trinajstić information content (AvgIpc) is 2.55. The molecular formula is C18H22N2O. The Bertz CT molecular complexity index is 617. The zero-order valence-electron chi connectivity index (χ0n) is 12.3. The highest BCUT2D eigenvalue weighted by atomic mass is 16.1. The summed E-state index contributed by atoms with van der Waals surface area (Å²) in [4.78, 5) is 14.7. The highest BCUT2D eigenvalue weighted by molar-refractivity contribution is 5.99. The van der Waals surface area contributed by atoms with Crippen molar-refractivity contribution in [3.63, 3.8) is 0 Å². The number of hydrogen-bond donors (Lipinski definition) is 1. The molecule has 0 amide bonds. The fraction of sp³-hybridized carbons (Fsp3) is 0.389. The molecule has 2 aromatic carbocycles. The number of ketones is 1. The Balaban J connectivity index is 1.56. The molecule has 0 saturated carbocycles. The number of nitrogens with one attached hydrogen (secondary N) is 1. The molecule has 0 unspecified atom stereocenters. The summed E-state index contributed by atoms with van der Waals surface area (Å²) >= 11 is 0. The van der Waals surface area contributed by atoms with Crippen LogP contribution in [0.25, 0.3) is 10.8 Å². The SMILES string of the molecule is O=C(CCCN1CCNCC1)c1ccc2ccccc2c1. The summed E-state index contributed by atoms with van der Waals surface area (Å²) in [6.07, 6.45) is 1.59. The highest BCUT2D eigenvalue weighted by Crippen LogP contribution is 2.17. The summed E-state index contributed by atoms with van der Waals surface area (Å²) in [5.74, 6) is 0.260. The fourth-order valence-corrected chi connectivity index (χ4v) is 2.91. The second-order valence-electron chi connectivity index (χ2n) is 5.68. The number of carbonyl (C=O) groups excluding carboxylic acids is 1. The van der Waals surface area contributed by atoms with E-state index in [-0.39, 0.29) is 5.78 Å². The van der Waals surface area contributed by atoms with Crippen molar-refractivity contribution in [1.29, 1.82) is 0 Å². The third-order valence-corrected chi connectivity index (χ3v) is 4.16. The molecule has 3 nitrogen and oxygen atoms in total. The minimum atomic E-state index is 0.260. The lowest BCUT2D eigenvalue weighted by atomic mass is 10.0. The number of benzene rings is 2. The van der Waals surface area contributed by atoms with Crippen LogP contribution in [-0.2, 0) is 0 Å². The average molecular weight is 282 g/mol. The molecule has 0 atom stereocenters. The minimum Gasteiger partial charge on any atom is -0.314 e. The van der Waals surface area contributed by atoms with Crippen molar-refractivity contribution >= 4 is 16.6 Å². The number of rotatable bonds is 5. The van der Waals surface area contributed by atoms with Gasteiger partial charge in [-0.2, -0.15) is 0 Å². The van der Waals surface area contributed by atoms with Crippen LogP contribution in [0.1, 0.15) is 23.2 Å². The number of Topliss-reactive ketones (excluding diaryl/α,β-unsaturated/α-hetero) is 1. The molecule has 1 saturated heterocycles. The summed E-state index contributed by atoms with van der Waals surface area (Å²) < 4.78 is 0. The lowest BCUT2D eigenvalue weighted by Crippen LogP contribution is -2.43. The number of carbonyl (C=O) groups is 1. The van der Waals surface area contributed by atoms with Gasteiger partial charge in [-0.1, -0.05) is 36.4 Å². The van der Waals surface area contributed by atoms with Gasteiger partial charge in [-0.05, 0) is 29.8 Å². The molecule has 0 bridgehead atoms. The minimum absolute atomic E-state index is 0.260. The van der Waals surface area contributed by atoms with Crippen LogP contribution in [0.5, 0.6) is 0 Å². The summed E-state index contributed by atoms with van der Waals surface area (Å²) in [5, 5.41) is 5.68. The topological polar surface area (TPSA) is 32.3 Å². The van der Waals surface area contributed by atoms with Gasteiger partial charge >= 0.3 is 0 Å². The molecule has 2 aromatic rings. The van der Waals surface area contributed by atoms with Gasteiger partial charge < -0.3 is 10.2 Å². The molecule has 0 aliphatic carbocycles. The smallest absolute Gasteiger partial charge is 0.162 e. The lowest BCUT2D eigenvalue weighted by Gasteiger charge is -2.26. The first-order chi connectivity index (χ1) is 10.3. The Kier molecular flexibility index (Phi) is 4.63. The van der Waals surface area contributed by atoms with E-state index in [1.807, 2.05) is 30.3 Å². The van der Waals surface area contributed by atoms with Crippen LogP contribution in [0.2, 0.25) is 0 Å². The quantitative estimate of drug-likeness (QED) is 0.856. The number of hydrogen-bond acceptors (Lipinski definition) is 3. The van der Waals surface area contributed by atoms with Crippen molar-refractivity contribution < 1.29 is 4.79 Å². The van der Waals surface area contributed by atoms with Crippen LogP contribution in [0.4, 0.5) is 0 Å². The fourth-order valence-electron chi connectivity index (χ4n) is 2.91. The van der Waals surface area contributed by atoms with E-state index in [2.05, 4.69) is 22.3 Å². The molecule has 21 heavy (non-hydrogen) atoms. The highest BCUT2D eigenvalue weighted by Gasteiger charge is 2.11. The zero-order chi connectivity index (χ0) is 14.5. The molecule has 1 N–H and O–H groups in total. The van der Waals surface area contributed by atoms with Gasteiger partial charge in [0.15, 0.2) is 5.78 Å². The summed E-state index contributed by atoms with van der Waals surface area (Å²) in [7, 11) is 0. The second kappa shape index (κ2) is 6.83. The Morgan fingerprint density at radius 3 is 2.62 bits per heavy atom. The predicted octanol–water partition coefficient (Wildman–Crippen LogP) is 2.71. The van der Waals surface area contributed by atoms with E-state index < -0.39 is 0 Å². The van der Waals surface area contributed by atoms with Crippen LogP contribution in [0, 0.1) is 0 Å². The van der Waals surface area contributed by atoms with Crippen molar-refractivity contribution in [2.24, 2.45) is 0 Å². The van der Waals surface area contributed by atoms with E-state index in [0.29, 0.717) is 6.42 Å². The van der Waals surface area contributed by atoms with Crippen molar-refractivity contribution in [2.45, 2.75) is 12.8 Å². The predicted molar refractivity (Wildman–Crippen MR) is 86.8 cm³/mol. The Labute approximate surface area is 125 Å². The maximum absolute atomic E-state index is 12.3. The molecule has 1 aliphatic heterocycles. The maximum Gasteiger partial charge on any atom is 0.162 e. The Morgan fingerprint density at radius 2 is 1.81 bits per heavy atom. The van der Waals surface area contributed by atoms with Crippen LogP contribution in [-0.4, -0.2) is 43.4 Å². The van der Waals surface area contributed by atoms with Crippen molar-refractivity contribution in [1.82, 2.24) is 10.2 Å².